The van der Waals surface area contributed by atoms with Crippen LogP contribution in [0.1, 0.15) is 77.6 Å². The summed E-state index contributed by atoms with van der Waals surface area (Å²) in [6.45, 7) is 16.0. The average Bonchev–Trinajstić information content (AvgIpc) is 3.91. The van der Waals surface area contributed by atoms with Gasteiger partial charge in [-0.3, -0.25) is 0 Å². The second-order valence-electron chi connectivity index (χ2n) is 11.2. The van der Waals surface area contributed by atoms with Crippen molar-refractivity contribution in [2.24, 2.45) is 20.0 Å². The lowest BCUT2D eigenvalue weighted by Crippen LogP contribution is -2.71. The quantitative estimate of drug-likeness (QED) is 0.152. The molecule has 0 fully saturated rings. The maximum absolute atomic E-state index is 5.42. The molecule has 8 nitrogen and oxygen atoms in total. The summed E-state index contributed by atoms with van der Waals surface area (Å²) in [6.07, 6.45) is 0. The molecule has 0 N–H and O–H groups in total. The Labute approximate surface area is 285 Å². The van der Waals surface area contributed by atoms with E-state index in [4.69, 9.17) is 20.0 Å². The van der Waals surface area contributed by atoms with Gasteiger partial charge in [-0.15, -0.1) is 9.15 Å². The molecular weight excluding hydrogens is 605 g/mol. The van der Waals surface area contributed by atoms with Gasteiger partial charge in [0.15, 0.2) is 0 Å². The van der Waals surface area contributed by atoms with Crippen LogP contribution >= 0.6 is 0 Å². The number of benzene rings is 4. The topological polar surface area (TPSA) is 65.3 Å². The smallest absolute Gasteiger partial charge is 0.192 e. The third kappa shape index (κ3) is 3.38. The van der Waals surface area contributed by atoms with E-state index in [0.717, 1.165) is 89.8 Å². The van der Waals surface area contributed by atoms with Crippen LogP contribution in [0.2, 0.25) is 0 Å². The molecule has 0 radical (unpaired) electrons. The average molecular weight is 645 g/mol. The van der Waals surface area contributed by atoms with Gasteiger partial charge in [0.05, 0.1) is 22.3 Å². The van der Waals surface area contributed by atoms with Gasteiger partial charge < -0.3 is 0 Å². The standard InChI is InChI=1S/C33H16N8.4C2H6/c1-2-10-18-17(9-1)25-34-27-19-11-3-4-12-20(19)29-36-31-23-15-7-8-16-24(23)32-37-30-22-14-6-5-13-21(22)28-35-26(18)38(25)33(39(27)29,40(28)30)41(31)32;4*1-2/h1-16H;4*1-2H3/q+2;;;;. The molecule has 2 aromatic heterocycles. The fraction of sp³-hybridized carbons (Fsp3) is 0.220. The van der Waals surface area contributed by atoms with Crippen LogP contribution < -0.4 is 11.0 Å². The van der Waals surface area contributed by atoms with Crippen molar-refractivity contribution in [2.75, 3.05) is 0 Å². The van der Waals surface area contributed by atoms with Crippen LogP contribution in [0, 0.1) is 0 Å². The third-order valence-electron chi connectivity index (χ3n) is 9.38. The number of aromatic nitrogens is 2. The molecule has 1 spiro atoms. The van der Waals surface area contributed by atoms with Crippen LogP contribution in [0.25, 0.3) is 21.5 Å². The lowest BCUT2D eigenvalue weighted by Gasteiger charge is -2.40. The van der Waals surface area contributed by atoms with Gasteiger partial charge in [-0.1, -0.05) is 124 Å². The van der Waals surface area contributed by atoms with Crippen LogP contribution in [-0.2, 0) is 5.91 Å². The molecule has 49 heavy (non-hydrogen) atoms. The van der Waals surface area contributed by atoms with Crippen molar-refractivity contribution in [1.29, 1.82) is 0 Å². The molecule has 0 saturated heterocycles. The summed E-state index contributed by atoms with van der Waals surface area (Å²) in [5.41, 5.74) is 6.13. The maximum atomic E-state index is 5.42. The lowest BCUT2D eigenvalue weighted by atomic mass is 10.1. The molecule has 0 bridgehead atoms. The minimum atomic E-state index is -0.923. The largest absolute Gasteiger partial charge is 0.404 e. The molecule has 8 heterocycles. The van der Waals surface area contributed by atoms with Gasteiger partial charge in [-0.05, 0) is 48.5 Å². The van der Waals surface area contributed by atoms with Gasteiger partial charge in [0.1, 0.15) is 0 Å². The Morgan fingerprint density at radius 2 is 0.755 bits per heavy atom. The van der Waals surface area contributed by atoms with E-state index < -0.39 is 5.91 Å². The first-order valence-corrected chi connectivity index (χ1v) is 17.8. The van der Waals surface area contributed by atoms with Gasteiger partial charge in [0.2, 0.25) is 22.6 Å². The number of fused-ring (bicyclic) bond motifs is 12. The monoisotopic (exact) mass is 644 g/mol. The van der Waals surface area contributed by atoms with Crippen molar-refractivity contribution >= 4 is 56.5 Å². The van der Waals surface area contributed by atoms with Gasteiger partial charge in [-0.25, -0.2) is 0 Å². The number of amidine groups is 4. The maximum Gasteiger partial charge on any atom is 0.404 e. The van der Waals surface area contributed by atoms with Crippen LogP contribution in [0.3, 0.4) is 0 Å². The second kappa shape index (κ2) is 11.2. The summed E-state index contributed by atoms with van der Waals surface area (Å²) < 4.78 is 9.32. The number of hydrogen-bond acceptors (Lipinski definition) is 4. The van der Waals surface area contributed by atoms with E-state index in [-0.39, 0.29) is 0 Å². The van der Waals surface area contributed by atoms with E-state index in [1.54, 1.807) is 0 Å². The van der Waals surface area contributed by atoms with Crippen LogP contribution in [0.4, 0.5) is 11.6 Å². The van der Waals surface area contributed by atoms with Crippen molar-refractivity contribution in [3.05, 3.63) is 130 Å². The highest BCUT2D eigenvalue weighted by Gasteiger charge is 2.69. The SMILES string of the molecule is CC.CC.CC.CC.c1ccc2c(c1)C1=Nc3c4ccccc4c4n3C35n6c(c7ccccc7c6=NC6=[N+]3C(=N4)c3ccccc36)=NC2=[N+]15. The van der Waals surface area contributed by atoms with Crippen molar-refractivity contribution in [1.82, 2.24) is 9.13 Å². The molecule has 6 aliphatic rings. The summed E-state index contributed by atoms with van der Waals surface area (Å²) in [6, 6.07) is 34.0. The molecule has 0 aliphatic carbocycles. The van der Waals surface area contributed by atoms with Crippen LogP contribution in [-0.4, -0.2) is 41.6 Å². The predicted molar refractivity (Wildman–Crippen MR) is 199 cm³/mol. The molecule has 8 heteroatoms. The fourth-order valence-corrected chi connectivity index (χ4v) is 7.88. The van der Waals surface area contributed by atoms with Crippen molar-refractivity contribution in [3.63, 3.8) is 0 Å². The molecule has 6 aliphatic heterocycles. The molecule has 6 aromatic rings. The van der Waals surface area contributed by atoms with E-state index in [1.807, 2.05) is 55.4 Å². The van der Waals surface area contributed by atoms with Gasteiger partial charge >= 0.3 is 5.91 Å². The Kier molecular flexibility index (Phi) is 6.96. The minimum Gasteiger partial charge on any atom is -0.192 e. The molecule has 242 valence electrons. The summed E-state index contributed by atoms with van der Waals surface area (Å²) in [5, 5.41) is 4.33. The van der Waals surface area contributed by atoms with Gasteiger partial charge in [0, 0.05) is 21.5 Å². The Hall–Kier alpha value is -5.76. The van der Waals surface area contributed by atoms with Crippen molar-refractivity contribution in [2.45, 2.75) is 61.3 Å². The molecule has 0 amide bonds. The Morgan fingerprint density at radius 1 is 0.408 bits per heavy atom. The molecule has 12 rings (SSSR count). The van der Waals surface area contributed by atoms with Gasteiger partial charge in [0.25, 0.3) is 23.3 Å². The molecular formula is C41H40N8+2. The first-order valence-electron chi connectivity index (χ1n) is 17.8. The Morgan fingerprint density at radius 3 is 1.16 bits per heavy atom. The number of hydrogen-bond donors (Lipinski definition) is 0. The summed E-state index contributed by atoms with van der Waals surface area (Å²) >= 11 is 0. The number of nitrogens with zero attached hydrogens (tertiary/aromatic N) is 8. The molecule has 0 atom stereocenters. The van der Waals surface area contributed by atoms with E-state index >= 15 is 0 Å². The summed E-state index contributed by atoms with van der Waals surface area (Å²) in [7, 11) is 0. The zero-order chi connectivity index (χ0) is 34.2. The minimum absolute atomic E-state index is 0.898. The highest BCUT2D eigenvalue weighted by atomic mass is 15.7. The zero-order valence-corrected chi connectivity index (χ0v) is 29.3. The highest BCUT2D eigenvalue weighted by Crippen LogP contribution is 2.52. The summed E-state index contributed by atoms with van der Waals surface area (Å²) in [4.78, 5) is 21.7. The fourth-order valence-electron chi connectivity index (χ4n) is 7.88. The van der Waals surface area contributed by atoms with Crippen LogP contribution in [0.15, 0.2) is 117 Å². The van der Waals surface area contributed by atoms with E-state index in [0.29, 0.717) is 0 Å². The highest BCUT2D eigenvalue weighted by molar-refractivity contribution is 6.20. The second-order valence-corrected chi connectivity index (χ2v) is 11.2. The zero-order valence-electron chi connectivity index (χ0n) is 29.3. The number of rotatable bonds is 0. The Balaban J connectivity index is 0.000000410. The van der Waals surface area contributed by atoms with Crippen molar-refractivity contribution < 1.29 is 9.15 Å². The third-order valence-corrected chi connectivity index (χ3v) is 9.38. The predicted octanol–water partition coefficient (Wildman–Crippen LogP) is 7.81. The molecule has 0 unspecified atom stereocenters. The van der Waals surface area contributed by atoms with Crippen LogP contribution in [0.5, 0.6) is 0 Å². The van der Waals surface area contributed by atoms with Crippen molar-refractivity contribution in [3.8, 4) is 0 Å². The molecule has 0 saturated carbocycles. The normalized spacial score (nSPS) is 15.9. The van der Waals surface area contributed by atoms with E-state index in [9.17, 15) is 0 Å². The van der Waals surface area contributed by atoms with E-state index in [2.05, 4.69) is 115 Å². The van der Waals surface area contributed by atoms with Gasteiger partial charge in [-0.2, -0.15) is 9.13 Å². The summed E-state index contributed by atoms with van der Waals surface area (Å²) in [5.74, 6) is 4.46. The lowest BCUT2D eigenvalue weighted by molar-refractivity contribution is -0.790. The first-order chi connectivity index (χ1) is 24.4. The number of aliphatic imine (C=N–C) groups is 2. The Bertz CT molecular complexity index is 2470. The van der Waals surface area contributed by atoms with E-state index in [1.165, 1.54) is 0 Å². The first kappa shape index (κ1) is 30.6. The molecule has 4 aromatic carbocycles.